The molecule has 0 aliphatic heterocycles. The van der Waals surface area contributed by atoms with Crippen molar-refractivity contribution in [1.82, 2.24) is 4.98 Å². The summed E-state index contributed by atoms with van der Waals surface area (Å²) in [6, 6.07) is 8.27. The van der Waals surface area contributed by atoms with E-state index >= 15 is 0 Å². The third-order valence-corrected chi connectivity index (χ3v) is 2.86. The monoisotopic (exact) mass is 233 g/mol. The van der Waals surface area contributed by atoms with Crippen molar-refractivity contribution in [3.05, 3.63) is 36.0 Å². The van der Waals surface area contributed by atoms with Crippen molar-refractivity contribution in [3.8, 4) is 0 Å². The Morgan fingerprint density at radius 3 is 3.00 bits per heavy atom. The van der Waals surface area contributed by atoms with E-state index in [9.17, 15) is 0 Å². The molecule has 0 saturated carbocycles. The van der Waals surface area contributed by atoms with Crippen LogP contribution in [0.4, 0.5) is 0 Å². The average Bonchev–Trinajstić information content (AvgIpc) is 2.73. The minimum absolute atomic E-state index is 0.522. The van der Waals surface area contributed by atoms with Crippen LogP contribution < -0.4 is 5.73 Å². The maximum atomic E-state index is 5.59. The first-order valence-corrected chi connectivity index (χ1v) is 5.89. The normalized spacial score (nSPS) is 12.2. The van der Waals surface area contributed by atoms with E-state index in [4.69, 9.17) is 5.73 Å². The Labute approximate surface area is 100 Å². The molecule has 3 N–H and O–H groups in total. The average molecular weight is 233 g/mol. The smallest absolute Gasteiger partial charge is 0.103 e. The molecule has 4 heteroatoms. The molecule has 0 saturated heterocycles. The van der Waals surface area contributed by atoms with Gasteiger partial charge in [-0.1, -0.05) is 18.2 Å². The summed E-state index contributed by atoms with van der Waals surface area (Å²) >= 11 is 4.06. The highest BCUT2D eigenvalue weighted by molar-refractivity contribution is 7.81. The molecule has 0 bridgehead atoms. The van der Waals surface area contributed by atoms with Gasteiger partial charge in [0.25, 0.3) is 0 Å². The second kappa shape index (κ2) is 5.07. The Bertz CT molecular complexity index is 502. The van der Waals surface area contributed by atoms with E-state index in [1.807, 2.05) is 18.3 Å². The van der Waals surface area contributed by atoms with Crippen molar-refractivity contribution in [2.75, 3.05) is 12.3 Å². The van der Waals surface area contributed by atoms with Gasteiger partial charge < -0.3 is 10.7 Å². The van der Waals surface area contributed by atoms with E-state index in [0.29, 0.717) is 18.1 Å². The fourth-order valence-corrected chi connectivity index (χ4v) is 1.81. The van der Waals surface area contributed by atoms with Gasteiger partial charge in [0.05, 0.1) is 0 Å². The maximum Gasteiger partial charge on any atom is 0.103 e. The fourth-order valence-electron chi connectivity index (χ4n) is 1.71. The van der Waals surface area contributed by atoms with Gasteiger partial charge >= 0.3 is 0 Å². The summed E-state index contributed by atoms with van der Waals surface area (Å²) < 4.78 is 0. The SMILES string of the molecule is NC(CS)=NCCc1c[nH]c2ccccc12. The van der Waals surface area contributed by atoms with E-state index in [2.05, 4.69) is 34.7 Å². The number of para-hydroxylation sites is 1. The molecule has 0 atom stereocenters. The molecular formula is C12H15N3S. The summed E-state index contributed by atoms with van der Waals surface area (Å²) in [6.07, 6.45) is 2.94. The van der Waals surface area contributed by atoms with Crippen LogP contribution in [0.15, 0.2) is 35.5 Å². The molecule has 0 spiro atoms. The third kappa shape index (κ3) is 2.39. The number of nitrogens with two attached hydrogens (primary N) is 1. The third-order valence-electron chi connectivity index (χ3n) is 2.53. The first kappa shape index (κ1) is 11.1. The highest BCUT2D eigenvalue weighted by atomic mass is 32.1. The number of aromatic nitrogens is 1. The van der Waals surface area contributed by atoms with Gasteiger partial charge in [0, 0.05) is 29.4 Å². The fraction of sp³-hybridized carbons (Fsp3) is 0.250. The molecular weight excluding hydrogens is 218 g/mol. The van der Waals surface area contributed by atoms with Gasteiger partial charge in [-0.25, -0.2) is 0 Å². The largest absolute Gasteiger partial charge is 0.387 e. The van der Waals surface area contributed by atoms with E-state index in [-0.39, 0.29) is 0 Å². The van der Waals surface area contributed by atoms with Crippen LogP contribution in [0.2, 0.25) is 0 Å². The number of nitrogens with zero attached hydrogens (tertiary/aromatic N) is 1. The predicted molar refractivity (Wildman–Crippen MR) is 72.3 cm³/mol. The van der Waals surface area contributed by atoms with Gasteiger partial charge in [-0.2, -0.15) is 12.6 Å². The van der Waals surface area contributed by atoms with Crippen LogP contribution in [0.1, 0.15) is 5.56 Å². The molecule has 1 aromatic carbocycles. The van der Waals surface area contributed by atoms with Crippen molar-refractivity contribution >= 4 is 29.4 Å². The van der Waals surface area contributed by atoms with Gasteiger partial charge in [0.15, 0.2) is 0 Å². The topological polar surface area (TPSA) is 54.2 Å². The van der Waals surface area contributed by atoms with Crippen molar-refractivity contribution < 1.29 is 0 Å². The quantitative estimate of drug-likeness (QED) is 0.422. The molecule has 2 aromatic rings. The van der Waals surface area contributed by atoms with E-state index in [0.717, 1.165) is 6.42 Å². The second-order valence-electron chi connectivity index (χ2n) is 3.64. The number of aromatic amines is 1. The second-order valence-corrected chi connectivity index (χ2v) is 3.96. The Balaban J connectivity index is 2.10. The van der Waals surface area contributed by atoms with Crippen LogP contribution in [0.3, 0.4) is 0 Å². The van der Waals surface area contributed by atoms with E-state index < -0.39 is 0 Å². The molecule has 0 unspecified atom stereocenters. The number of thiol groups is 1. The van der Waals surface area contributed by atoms with E-state index in [1.165, 1.54) is 16.5 Å². The maximum absolute atomic E-state index is 5.59. The molecule has 3 nitrogen and oxygen atoms in total. The molecule has 0 aliphatic rings. The molecule has 0 amide bonds. The number of hydrogen-bond donors (Lipinski definition) is 3. The molecule has 0 fully saturated rings. The Kier molecular flexibility index (Phi) is 3.51. The van der Waals surface area contributed by atoms with Crippen molar-refractivity contribution in [1.29, 1.82) is 0 Å². The van der Waals surface area contributed by atoms with E-state index in [1.54, 1.807) is 0 Å². The number of aliphatic imine (C=N–C) groups is 1. The summed E-state index contributed by atoms with van der Waals surface area (Å²) in [4.78, 5) is 7.47. The lowest BCUT2D eigenvalue weighted by Gasteiger charge is -1.97. The zero-order valence-electron chi connectivity index (χ0n) is 8.98. The first-order valence-electron chi connectivity index (χ1n) is 5.26. The number of hydrogen-bond acceptors (Lipinski definition) is 2. The summed E-state index contributed by atoms with van der Waals surface area (Å²) in [5.74, 6) is 1.12. The molecule has 1 heterocycles. The van der Waals surface area contributed by atoms with Crippen molar-refractivity contribution in [3.63, 3.8) is 0 Å². The van der Waals surface area contributed by atoms with Crippen LogP contribution in [0, 0.1) is 0 Å². The Hall–Kier alpha value is -1.42. The lowest BCUT2D eigenvalue weighted by Crippen LogP contribution is -2.14. The summed E-state index contributed by atoms with van der Waals surface area (Å²) in [6.45, 7) is 0.717. The van der Waals surface area contributed by atoms with Gasteiger partial charge in [-0.15, -0.1) is 0 Å². The lowest BCUT2D eigenvalue weighted by atomic mass is 10.1. The molecule has 2 rings (SSSR count). The van der Waals surface area contributed by atoms with Crippen LogP contribution in [-0.4, -0.2) is 23.1 Å². The van der Waals surface area contributed by atoms with Crippen LogP contribution in [0.25, 0.3) is 10.9 Å². The van der Waals surface area contributed by atoms with Crippen LogP contribution in [0.5, 0.6) is 0 Å². The number of rotatable bonds is 4. The minimum atomic E-state index is 0.522. The Morgan fingerprint density at radius 1 is 1.38 bits per heavy atom. The lowest BCUT2D eigenvalue weighted by molar-refractivity contribution is 0.972. The predicted octanol–water partition coefficient (Wildman–Crippen LogP) is 2.00. The number of nitrogens with one attached hydrogen (secondary N) is 1. The molecule has 84 valence electrons. The standard InChI is InChI=1S/C12H15N3S/c13-12(8-16)14-6-5-9-7-15-11-4-2-1-3-10(9)11/h1-4,7,15-16H,5-6,8H2,(H2,13,14). The first-order chi connectivity index (χ1) is 7.81. The zero-order chi connectivity index (χ0) is 11.4. The number of amidine groups is 1. The van der Waals surface area contributed by atoms with Gasteiger partial charge in [-0.05, 0) is 18.1 Å². The highest BCUT2D eigenvalue weighted by Crippen LogP contribution is 2.17. The summed E-state index contributed by atoms with van der Waals surface area (Å²) in [5.41, 5.74) is 8.04. The van der Waals surface area contributed by atoms with Crippen molar-refractivity contribution in [2.24, 2.45) is 10.7 Å². The molecule has 16 heavy (non-hydrogen) atoms. The number of benzene rings is 1. The summed E-state index contributed by atoms with van der Waals surface area (Å²) in [5, 5.41) is 1.27. The number of H-pyrrole nitrogens is 1. The molecule has 1 aromatic heterocycles. The minimum Gasteiger partial charge on any atom is -0.387 e. The summed E-state index contributed by atoms with van der Waals surface area (Å²) in [7, 11) is 0. The van der Waals surface area contributed by atoms with Gasteiger partial charge in [-0.3, -0.25) is 4.99 Å². The zero-order valence-corrected chi connectivity index (χ0v) is 9.87. The van der Waals surface area contributed by atoms with Gasteiger partial charge in [0.1, 0.15) is 5.84 Å². The van der Waals surface area contributed by atoms with Crippen LogP contribution >= 0.6 is 12.6 Å². The highest BCUT2D eigenvalue weighted by Gasteiger charge is 2.01. The van der Waals surface area contributed by atoms with Gasteiger partial charge in [0.2, 0.25) is 0 Å². The van der Waals surface area contributed by atoms with Crippen LogP contribution in [-0.2, 0) is 6.42 Å². The Morgan fingerprint density at radius 2 is 2.19 bits per heavy atom. The molecule has 0 radical (unpaired) electrons. The van der Waals surface area contributed by atoms with Crippen molar-refractivity contribution in [2.45, 2.75) is 6.42 Å². The number of fused-ring (bicyclic) bond motifs is 1. The molecule has 0 aliphatic carbocycles.